The fourth-order valence-corrected chi connectivity index (χ4v) is 2.58. The fraction of sp³-hybridized carbons (Fsp3) is 0.538. The second-order valence-electron chi connectivity index (χ2n) is 4.99. The minimum Gasteiger partial charge on any atom is -0.454 e. The van der Waals surface area contributed by atoms with Crippen molar-refractivity contribution in [2.45, 2.75) is 19.5 Å². The van der Waals surface area contributed by atoms with Crippen molar-refractivity contribution in [1.29, 1.82) is 0 Å². The van der Waals surface area contributed by atoms with Crippen LogP contribution in [0.15, 0.2) is 18.2 Å². The Bertz CT molecular complexity index is 412. The molecular formula is C13H18N2O2. The molecule has 17 heavy (non-hydrogen) atoms. The monoisotopic (exact) mass is 234 g/mol. The first-order valence-electron chi connectivity index (χ1n) is 6.09. The fourth-order valence-electron chi connectivity index (χ4n) is 2.58. The molecule has 0 amide bonds. The minimum absolute atomic E-state index is 0.295. The zero-order valence-electron chi connectivity index (χ0n) is 10.1. The second-order valence-corrected chi connectivity index (χ2v) is 4.99. The average Bonchev–Trinajstić information content (AvgIpc) is 2.87. The summed E-state index contributed by atoms with van der Waals surface area (Å²) in [7, 11) is 0. The van der Waals surface area contributed by atoms with Crippen LogP contribution in [-0.2, 0) is 6.54 Å². The van der Waals surface area contributed by atoms with E-state index < -0.39 is 0 Å². The molecule has 0 aliphatic carbocycles. The Balaban J connectivity index is 1.76. The van der Waals surface area contributed by atoms with Crippen molar-refractivity contribution in [3.63, 3.8) is 0 Å². The molecule has 2 N–H and O–H groups in total. The van der Waals surface area contributed by atoms with E-state index in [9.17, 15) is 0 Å². The topological polar surface area (TPSA) is 47.7 Å². The average molecular weight is 234 g/mol. The lowest BCUT2D eigenvalue weighted by molar-refractivity contribution is 0.172. The molecule has 0 aromatic heterocycles. The first-order valence-corrected chi connectivity index (χ1v) is 6.09. The molecule has 1 aromatic carbocycles. The number of nitrogens with two attached hydrogens (primary N) is 1. The molecule has 3 rings (SSSR count). The number of benzene rings is 1. The van der Waals surface area contributed by atoms with E-state index in [0.717, 1.165) is 31.1 Å². The van der Waals surface area contributed by atoms with Crippen LogP contribution in [0.2, 0.25) is 0 Å². The number of para-hydroxylation sites is 1. The molecule has 2 aliphatic rings. The van der Waals surface area contributed by atoms with E-state index in [2.05, 4.69) is 17.9 Å². The van der Waals surface area contributed by atoms with Gasteiger partial charge in [-0.05, 0) is 12.0 Å². The lowest BCUT2D eigenvalue weighted by Gasteiger charge is -2.16. The van der Waals surface area contributed by atoms with Gasteiger partial charge < -0.3 is 15.2 Å². The first-order chi connectivity index (χ1) is 8.24. The number of rotatable bonds is 2. The van der Waals surface area contributed by atoms with Crippen molar-refractivity contribution in [3.8, 4) is 11.5 Å². The predicted octanol–water partition coefficient (Wildman–Crippen LogP) is 1.19. The van der Waals surface area contributed by atoms with E-state index in [0.29, 0.717) is 18.8 Å². The molecule has 1 fully saturated rings. The number of hydrogen-bond donors (Lipinski definition) is 1. The first kappa shape index (κ1) is 10.9. The van der Waals surface area contributed by atoms with Crippen LogP contribution in [0.25, 0.3) is 0 Å². The van der Waals surface area contributed by atoms with Crippen molar-refractivity contribution in [3.05, 3.63) is 23.8 Å². The lowest BCUT2D eigenvalue weighted by Crippen LogP contribution is -2.28. The molecule has 0 bridgehead atoms. The molecule has 0 spiro atoms. The smallest absolute Gasteiger partial charge is 0.231 e. The molecule has 1 saturated heterocycles. The van der Waals surface area contributed by atoms with Gasteiger partial charge in [0.2, 0.25) is 6.79 Å². The molecular weight excluding hydrogens is 216 g/mol. The van der Waals surface area contributed by atoms with E-state index in [4.69, 9.17) is 15.2 Å². The van der Waals surface area contributed by atoms with Crippen LogP contribution in [0.4, 0.5) is 0 Å². The predicted molar refractivity (Wildman–Crippen MR) is 65.0 cm³/mol. The molecule has 2 unspecified atom stereocenters. The van der Waals surface area contributed by atoms with Gasteiger partial charge in [-0.15, -0.1) is 0 Å². The van der Waals surface area contributed by atoms with E-state index in [1.807, 2.05) is 12.1 Å². The third kappa shape index (κ3) is 1.98. The van der Waals surface area contributed by atoms with Gasteiger partial charge in [-0.2, -0.15) is 0 Å². The molecule has 0 radical (unpaired) electrons. The lowest BCUT2D eigenvalue weighted by atomic mass is 10.1. The highest BCUT2D eigenvalue weighted by Gasteiger charge is 2.28. The molecule has 2 aliphatic heterocycles. The summed E-state index contributed by atoms with van der Waals surface area (Å²) in [4.78, 5) is 2.38. The number of nitrogens with zero attached hydrogens (tertiary/aromatic N) is 1. The van der Waals surface area contributed by atoms with Gasteiger partial charge in [0.15, 0.2) is 11.5 Å². The van der Waals surface area contributed by atoms with Gasteiger partial charge in [0.05, 0.1) is 0 Å². The normalized spacial score (nSPS) is 27.6. The summed E-state index contributed by atoms with van der Waals surface area (Å²) >= 11 is 0. The Morgan fingerprint density at radius 2 is 2.24 bits per heavy atom. The number of ether oxygens (including phenoxy) is 2. The van der Waals surface area contributed by atoms with Crippen LogP contribution in [-0.4, -0.2) is 30.8 Å². The van der Waals surface area contributed by atoms with Gasteiger partial charge in [-0.25, -0.2) is 0 Å². The van der Waals surface area contributed by atoms with Crippen LogP contribution in [0.1, 0.15) is 12.5 Å². The van der Waals surface area contributed by atoms with E-state index in [1.54, 1.807) is 0 Å². The number of fused-ring (bicyclic) bond motifs is 1. The van der Waals surface area contributed by atoms with Crippen LogP contribution < -0.4 is 15.2 Å². The van der Waals surface area contributed by atoms with Crippen LogP contribution >= 0.6 is 0 Å². The highest BCUT2D eigenvalue weighted by atomic mass is 16.7. The number of hydrogen-bond acceptors (Lipinski definition) is 4. The van der Waals surface area contributed by atoms with E-state index >= 15 is 0 Å². The number of likely N-dealkylation sites (tertiary alicyclic amines) is 1. The summed E-state index contributed by atoms with van der Waals surface area (Å²) in [5.41, 5.74) is 7.23. The Morgan fingerprint density at radius 1 is 1.35 bits per heavy atom. The van der Waals surface area contributed by atoms with E-state index in [1.165, 1.54) is 5.56 Å². The largest absolute Gasteiger partial charge is 0.454 e. The van der Waals surface area contributed by atoms with Crippen LogP contribution in [0, 0.1) is 5.92 Å². The van der Waals surface area contributed by atoms with Gasteiger partial charge in [0.25, 0.3) is 0 Å². The summed E-state index contributed by atoms with van der Waals surface area (Å²) in [6, 6.07) is 6.36. The SMILES string of the molecule is CC1CN(Cc2cccc3c2OCO3)CC1N. The molecule has 4 heteroatoms. The highest BCUT2D eigenvalue weighted by Crippen LogP contribution is 2.36. The van der Waals surface area contributed by atoms with Gasteiger partial charge >= 0.3 is 0 Å². The second kappa shape index (κ2) is 4.20. The van der Waals surface area contributed by atoms with Crippen molar-refractivity contribution >= 4 is 0 Å². The Kier molecular flexibility index (Phi) is 2.68. The zero-order valence-corrected chi connectivity index (χ0v) is 10.1. The van der Waals surface area contributed by atoms with Crippen molar-refractivity contribution < 1.29 is 9.47 Å². The maximum Gasteiger partial charge on any atom is 0.231 e. The van der Waals surface area contributed by atoms with Crippen molar-refractivity contribution in [2.24, 2.45) is 11.7 Å². The van der Waals surface area contributed by atoms with Crippen molar-refractivity contribution in [1.82, 2.24) is 4.90 Å². The molecule has 1 aromatic rings. The Morgan fingerprint density at radius 3 is 3.00 bits per heavy atom. The van der Waals surface area contributed by atoms with Gasteiger partial charge in [0.1, 0.15) is 0 Å². The highest BCUT2D eigenvalue weighted by molar-refractivity contribution is 5.48. The molecule has 4 nitrogen and oxygen atoms in total. The zero-order chi connectivity index (χ0) is 11.8. The van der Waals surface area contributed by atoms with Gasteiger partial charge in [-0.3, -0.25) is 4.90 Å². The summed E-state index contributed by atoms with van der Waals surface area (Å²) in [6.07, 6.45) is 0. The Labute approximate surface area is 101 Å². The summed E-state index contributed by atoms with van der Waals surface area (Å²) in [5.74, 6) is 2.34. The summed E-state index contributed by atoms with van der Waals surface area (Å²) in [6.45, 7) is 5.46. The Hall–Kier alpha value is -1.26. The minimum atomic E-state index is 0.295. The van der Waals surface area contributed by atoms with Crippen LogP contribution in [0.5, 0.6) is 11.5 Å². The third-order valence-electron chi connectivity index (χ3n) is 3.62. The van der Waals surface area contributed by atoms with Gasteiger partial charge in [0, 0.05) is 31.2 Å². The summed E-state index contributed by atoms with van der Waals surface area (Å²) < 4.78 is 10.9. The molecule has 2 atom stereocenters. The van der Waals surface area contributed by atoms with Crippen LogP contribution in [0.3, 0.4) is 0 Å². The third-order valence-corrected chi connectivity index (χ3v) is 3.62. The standard InChI is InChI=1S/C13H18N2O2/c1-9-5-15(7-11(9)14)6-10-3-2-4-12-13(10)17-8-16-12/h2-4,9,11H,5-8,14H2,1H3. The maximum absolute atomic E-state index is 6.04. The molecule has 92 valence electrons. The quantitative estimate of drug-likeness (QED) is 0.835. The maximum atomic E-state index is 6.04. The molecule has 2 heterocycles. The van der Waals surface area contributed by atoms with Gasteiger partial charge in [-0.1, -0.05) is 19.1 Å². The van der Waals surface area contributed by atoms with Crippen molar-refractivity contribution in [2.75, 3.05) is 19.9 Å². The summed E-state index contributed by atoms with van der Waals surface area (Å²) in [5, 5.41) is 0. The molecule has 0 saturated carbocycles. The van der Waals surface area contributed by atoms with E-state index in [-0.39, 0.29) is 0 Å².